The average Bonchev–Trinajstić information content (AvgIpc) is 2.17. The summed E-state index contributed by atoms with van der Waals surface area (Å²) in [6.45, 7) is 5.12. The van der Waals surface area contributed by atoms with Gasteiger partial charge in [-0.25, -0.2) is 9.18 Å². The first-order valence-corrected chi connectivity index (χ1v) is 5.69. The van der Waals surface area contributed by atoms with Crippen molar-refractivity contribution in [1.82, 2.24) is 0 Å². The molecule has 98 valence electrons. The Balaban J connectivity index is 3.00. The second-order valence-electron chi connectivity index (χ2n) is 4.69. The summed E-state index contributed by atoms with van der Waals surface area (Å²) < 4.78 is 18.6. The van der Waals surface area contributed by atoms with Gasteiger partial charge in [0.2, 0.25) is 0 Å². The van der Waals surface area contributed by atoms with Gasteiger partial charge in [-0.3, -0.25) is 0 Å². The van der Waals surface area contributed by atoms with Crippen molar-refractivity contribution in [2.24, 2.45) is 5.73 Å². The maximum absolute atomic E-state index is 13.5. The van der Waals surface area contributed by atoms with Crippen molar-refractivity contribution in [2.75, 3.05) is 5.32 Å². The maximum atomic E-state index is 13.5. The number of benzene rings is 1. The zero-order valence-electron chi connectivity index (χ0n) is 10.4. The monoisotopic (exact) mass is 270 g/mol. The van der Waals surface area contributed by atoms with Gasteiger partial charge >= 0.3 is 5.97 Å². The Hall–Kier alpha value is -1.69. The summed E-state index contributed by atoms with van der Waals surface area (Å²) >= 11 is 4.66. The number of anilines is 1. The van der Waals surface area contributed by atoms with E-state index in [1.807, 2.05) is 0 Å². The zero-order valence-corrected chi connectivity index (χ0v) is 11.2. The van der Waals surface area contributed by atoms with Crippen LogP contribution in [0.3, 0.4) is 0 Å². The van der Waals surface area contributed by atoms with Crippen LogP contribution in [0, 0.1) is 5.82 Å². The van der Waals surface area contributed by atoms with E-state index in [1.165, 1.54) is 12.1 Å². The predicted molar refractivity (Wildman–Crippen MR) is 72.0 cm³/mol. The van der Waals surface area contributed by atoms with Crippen molar-refractivity contribution in [2.45, 2.75) is 26.4 Å². The van der Waals surface area contributed by atoms with E-state index < -0.39 is 17.4 Å². The quantitative estimate of drug-likeness (QED) is 0.638. The molecular formula is C12H15FN2O2S. The number of nitrogens with two attached hydrogens (primary N) is 1. The Bertz CT molecular complexity index is 483. The molecular weight excluding hydrogens is 255 g/mol. The van der Waals surface area contributed by atoms with Crippen LogP contribution in [0.5, 0.6) is 0 Å². The molecule has 3 N–H and O–H groups in total. The third-order valence-electron chi connectivity index (χ3n) is 1.85. The van der Waals surface area contributed by atoms with Crippen molar-refractivity contribution < 1.29 is 13.9 Å². The molecule has 1 aromatic rings. The second-order valence-corrected chi connectivity index (χ2v) is 5.13. The highest BCUT2D eigenvalue weighted by molar-refractivity contribution is 7.80. The van der Waals surface area contributed by atoms with Crippen LogP contribution in [0.1, 0.15) is 31.1 Å². The Morgan fingerprint density at radius 2 is 2.06 bits per heavy atom. The van der Waals surface area contributed by atoms with Gasteiger partial charge in [-0.15, -0.1) is 0 Å². The van der Waals surface area contributed by atoms with E-state index in [-0.39, 0.29) is 10.7 Å². The van der Waals surface area contributed by atoms with E-state index in [0.717, 1.165) is 6.07 Å². The van der Waals surface area contributed by atoms with Crippen LogP contribution in [0.2, 0.25) is 0 Å². The minimum atomic E-state index is -0.730. The number of carbonyl (C=O) groups excluding carboxylic acids is 1. The number of rotatable bonds is 2. The summed E-state index contributed by atoms with van der Waals surface area (Å²) in [5.74, 6) is -1.38. The topological polar surface area (TPSA) is 64.3 Å². The van der Waals surface area contributed by atoms with E-state index in [1.54, 1.807) is 20.8 Å². The molecule has 0 aliphatic carbocycles. The highest BCUT2D eigenvalue weighted by Crippen LogP contribution is 2.18. The molecule has 0 spiro atoms. The van der Waals surface area contributed by atoms with Crippen molar-refractivity contribution >= 4 is 29.0 Å². The number of nitrogens with one attached hydrogen (secondary N) is 1. The largest absolute Gasteiger partial charge is 0.456 e. The Morgan fingerprint density at radius 1 is 1.44 bits per heavy atom. The van der Waals surface area contributed by atoms with Gasteiger partial charge < -0.3 is 15.8 Å². The van der Waals surface area contributed by atoms with Crippen molar-refractivity contribution in [3.63, 3.8) is 0 Å². The lowest BCUT2D eigenvalue weighted by atomic mass is 10.1. The molecule has 0 bridgehead atoms. The Labute approximate surface area is 110 Å². The highest BCUT2D eigenvalue weighted by Gasteiger charge is 2.21. The molecule has 0 unspecified atom stereocenters. The predicted octanol–water partition coefficient (Wildman–Crippen LogP) is 2.44. The molecule has 0 amide bonds. The average molecular weight is 270 g/mol. The number of carbonyl (C=O) groups is 1. The summed E-state index contributed by atoms with van der Waals surface area (Å²) in [5, 5.41) is 2.66. The van der Waals surface area contributed by atoms with Crippen LogP contribution >= 0.6 is 12.2 Å². The molecule has 0 aliphatic heterocycles. The van der Waals surface area contributed by atoms with E-state index >= 15 is 0 Å². The number of thiocarbonyl (C=S) groups is 1. The Morgan fingerprint density at radius 3 is 2.56 bits per heavy atom. The fourth-order valence-corrected chi connectivity index (χ4v) is 1.35. The van der Waals surface area contributed by atoms with Crippen LogP contribution in [-0.2, 0) is 4.74 Å². The molecule has 1 rings (SSSR count). The summed E-state index contributed by atoms with van der Waals surface area (Å²) in [6.07, 6.45) is 0. The first kappa shape index (κ1) is 14.4. The highest BCUT2D eigenvalue weighted by atomic mass is 32.1. The molecule has 18 heavy (non-hydrogen) atoms. The van der Waals surface area contributed by atoms with Crippen molar-refractivity contribution in [1.29, 1.82) is 0 Å². The van der Waals surface area contributed by atoms with E-state index in [0.29, 0.717) is 5.69 Å². The molecule has 0 fully saturated rings. The summed E-state index contributed by atoms with van der Waals surface area (Å²) in [7, 11) is 0. The minimum Gasteiger partial charge on any atom is -0.456 e. The van der Waals surface area contributed by atoms with Crippen molar-refractivity contribution in [3.05, 3.63) is 29.6 Å². The number of esters is 1. The normalized spacial score (nSPS) is 10.9. The standard InChI is InChI=1S/C12H15FN2O2S/c1-12(2,3)17-10(16)8-6-7(15-11(14)18)4-5-9(8)13/h4-6H,1-3H3,(H3,14,15,18). The van der Waals surface area contributed by atoms with Gasteiger partial charge in [-0.1, -0.05) is 0 Å². The van der Waals surface area contributed by atoms with Gasteiger partial charge in [0.1, 0.15) is 11.4 Å². The summed E-state index contributed by atoms with van der Waals surface area (Å²) in [4.78, 5) is 11.8. The molecule has 0 saturated carbocycles. The van der Waals surface area contributed by atoms with Crippen LogP contribution in [0.4, 0.5) is 10.1 Å². The van der Waals surface area contributed by atoms with Crippen molar-refractivity contribution in [3.8, 4) is 0 Å². The molecule has 0 atom stereocenters. The lowest BCUT2D eigenvalue weighted by molar-refractivity contribution is 0.00648. The van der Waals surface area contributed by atoms with Gasteiger partial charge in [0.25, 0.3) is 0 Å². The third-order valence-corrected chi connectivity index (χ3v) is 1.95. The number of hydrogen-bond acceptors (Lipinski definition) is 3. The fraction of sp³-hybridized carbons (Fsp3) is 0.333. The molecule has 0 radical (unpaired) electrons. The van der Waals surface area contributed by atoms with Gasteiger partial charge in [0.05, 0.1) is 5.56 Å². The molecule has 0 heterocycles. The molecule has 0 aromatic heterocycles. The lowest BCUT2D eigenvalue weighted by Crippen LogP contribution is -2.25. The van der Waals surface area contributed by atoms with Crippen LogP contribution < -0.4 is 11.1 Å². The molecule has 6 heteroatoms. The van der Waals surface area contributed by atoms with Gasteiger partial charge in [-0.05, 0) is 51.2 Å². The second kappa shape index (κ2) is 5.30. The third kappa shape index (κ3) is 4.29. The van der Waals surface area contributed by atoms with E-state index in [2.05, 4.69) is 17.5 Å². The summed E-state index contributed by atoms with van der Waals surface area (Å²) in [6, 6.07) is 3.89. The molecule has 0 aliphatic rings. The molecule has 4 nitrogen and oxygen atoms in total. The van der Waals surface area contributed by atoms with Gasteiger partial charge in [0, 0.05) is 5.69 Å². The number of ether oxygens (including phenoxy) is 1. The fourth-order valence-electron chi connectivity index (χ4n) is 1.23. The first-order chi connectivity index (χ1) is 8.19. The van der Waals surface area contributed by atoms with Crippen LogP contribution in [-0.4, -0.2) is 16.7 Å². The van der Waals surface area contributed by atoms with E-state index in [9.17, 15) is 9.18 Å². The Kier molecular flexibility index (Phi) is 4.24. The SMILES string of the molecule is CC(C)(C)OC(=O)c1cc(NC(N)=S)ccc1F. The maximum Gasteiger partial charge on any atom is 0.341 e. The van der Waals surface area contributed by atoms with Gasteiger partial charge in [0.15, 0.2) is 5.11 Å². The zero-order chi connectivity index (χ0) is 13.9. The molecule has 1 aromatic carbocycles. The smallest absolute Gasteiger partial charge is 0.341 e. The van der Waals surface area contributed by atoms with E-state index in [4.69, 9.17) is 10.5 Å². The summed E-state index contributed by atoms with van der Waals surface area (Å²) in [5.41, 5.74) is 4.89. The van der Waals surface area contributed by atoms with Crippen LogP contribution in [0.15, 0.2) is 18.2 Å². The van der Waals surface area contributed by atoms with Gasteiger partial charge in [-0.2, -0.15) is 0 Å². The first-order valence-electron chi connectivity index (χ1n) is 5.28. The lowest BCUT2D eigenvalue weighted by Gasteiger charge is -2.19. The number of hydrogen-bond donors (Lipinski definition) is 2. The molecule has 0 saturated heterocycles. The van der Waals surface area contributed by atoms with Crippen LogP contribution in [0.25, 0.3) is 0 Å². The number of halogens is 1. The minimum absolute atomic E-state index is 0.0387.